The van der Waals surface area contributed by atoms with Crippen molar-refractivity contribution in [3.63, 3.8) is 0 Å². The van der Waals surface area contributed by atoms with Crippen molar-refractivity contribution in [2.24, 2.45) is 0 Å². The van der Waals surface area contributed by atoms with Crippen LogP contribution in [0, 0.1) is 0 Å². The van der Waals surface area contributed by atoms with Crippen LogP contribution >= 0.6 is 0 Å². The third-order valence-electron chi connectivity index (χ3n) is 3.46. The molecule has 0 aliphatic heterocycles. The number of fused-ring (bicyclic) bond motifs is 1. The molecule has 0 spiro atoms. The van der Waals surface area contributed by atoms with Gasteiger partial charge in [-0.05, 0) is 41.9 Å². The standard InChI is InChI=1S/C14H18O2/c1-9(2)10-5-3-7-12-11(10)6-4-8-13(12)14(15)16/h3,5,7,9,13H,4,6,8H2,1-2H3,(H,15,16). The van der Waals surface area contributed by atoms with Crippen LogP contribution in [0.4, 0.5) is 0 Å². The molecule has 2 heteroatoms. The minimum absolute atomic E-state index is 0.289. The molecule has 0 saturated carbocycles. The fourth-order valence-electron chi connectivity index (χ4n) is 2.67. The summed E-state index contributed by atoms with van der Waals surface area (Å²) in [5.41, 5.74) is 3.66. The van der Waals surface area contributed by atoms with Crippen molar-refractivity contribution >= 4 is 5.97 Å². The van der Waals surface area contributed by atoms with E-state index in [0.29, 0.717) is 5.92 Å². The molecular formula is C14H18O2. The monoisotopic (exact) mass is 218 g/mol. The summed E-state index contributed by atoms with van der Waals surface area (Å²) in [5, 5.41) is 9.21. The highest BCUT2D eigenvalue weighted by molar-refractivity contribution is 5.77. The lowest BCUT2D eigenvalue weighted by Crippen LogP contribution is -2.19. The number of aliphatic carboxylic acids is 1. The van der Waals surface area contributed by atoms with E-state index >= 15 is 0 Å². The van der Waals surface area contributed by atoms with E-state index in [-0.39, 0.29) is 5.92 Å². The Kier molecular flexibility index (Phi) is 2.99. The van der Waals surface area contributed by atoms with Crippen molar-refractivity contribution in [1.82, 2.24) is 0 Å². The van der Waals surface area contributed by atoms with Gasteiger partial charge in [0, 0.05) is 0 Å². The lowest BCUT2D eigenvalue weighted by Gasteiger charge is -2.25. The van der Waals surface area contributed by atoms with E-state index in [1.165, 1.54) is 11.1 Å². The first kappa shape index (κ1) is 11.2. The summed E-state index contributed by atoms with van der Waals surface area (Å²) in [6, 6.07) is 6.11. The average Bonchev–Trinajstić information content (AvgIpc) is 2.27. The fraction of sp³-hybridized carbons (Fsp3) is 0.500. The second kappa shape index (κ2) is 4.28. The van der Waals surface area contributed by atoms with Gasteiger partial charge in [-0.3, -0.25) is 4.79 Å². The molecule has 1 N–H and O–H groups in total. The zero-order chi connectivity index (χ0) is 11.7. The molecule has 0 fully saturated rings. The van der Waals surface area contributed by atoms with Crippen LogP contribution in [0.15, 0.2) is 18.2 Å². The molecular weight excluding hydrogens is 200 g/mol. The molecule has 2 nitrogen and oxygen atoms in total. The van der Waals surface area contributed by atoms with Gasteiger partial charge >= 0.3 is 5.97 Å². The molecule has 0 radical (unpaired) electrons. The molecule has 1 aromatic carbocycles. The second-order valence-electron chi connectivity index (χ2n) is 4.85. The first-order chi connectivity index (χ1) is 7.61. The van der Waals surface area contributed by atoms with Crippen molar-refractivity contribution < 1.29 is 9.90 Å². The summed E-state index contributed by atoms with van der Waals surface area (Å²) in [5.74, 6) is -0.494. The maximum absolute atomic E-state index is 11.2. The van der Waals surface area contributed by atoms with Crippen LogP contribution in [0.25, 0.3) is 0 Å². The SMILES string of the molecule is CC(C)c1cccc2c1CCCC2C(=O)O. The number of carbonyl (C=O) groups is 1. The van der Waals surface area contributed by atoms with E-state index in [4.69, 9.17) is 0 Å². The van der Waals surface area contributed by atoms with Crippen LogP contribution in [-0.4, -0.2) is 11.1 Å². The lowest BCUT2D eigenvalue weighted by molar-refractivity contribution is -0.139. The van der Waals surface area contributed by atoms with E-state index in [0.717, 1.165) is 24.8 Å². The Hall–Kier alpha value is -1.31. The van der Waals surface area contributed by atoms with Crippen LogP contribution in [0.1, 0.15) is 55.2 Å². The maximum atomic E-state index is 11.2. The number of carboxylic acid groups (broad SMARTS) is 1. The summed E-state index contributed by atoms with van der Waals surface area (Å²) in [6.07, 6.45) is 2.81. The molecule has 1 aliphatic carbocycles. The first-order valence-corrected chi connectivity index (χ1v) is 5.95. The van der Waals surface area contributed by atoms with Crippen LogP contribution in [0.3, 0.4) is 0 Å². The van der Waals surface area contributed by atoms with Crippen molar-refractivity contribution in [2.45, 2.75) is 44.9 Å². The minimum atomic E-state index is -0.679. The molecule has 2 rings (SSSR count). The van der Waals surface area contributed by atoms with Gasteiger partial charge in [0.05, 0.1) is 5.92 Å². The molecule has 86 valence electrons. The van der Waals surface area contributed by atoms with Crippen LogP contribution in [-0.2, 0) is 11.2 Å². The number of carboxylic acids is 1. The normalized spacial score (nSPS) is 19.6. The highest BCUT2D eigenvalue weighted by Gasteiger charge is 2.27. The van der Waals surface area contributed by atoms with Gasteiger partial charge in [0.25, 0.3) is 0 Å². The zero-order valence-corrected chi connectivity index (χ0v) is 9.86. The second-order valence-corrected chi connectivity index (χ2v) is 4.85. The third-order valence-corrected chi connectivity index (χ3v) is 3.46. The fourth-order valence-corrected chi connectivity index (χ4v) is 2.67. The topological polar surface area (TPSA) is 37.3 Å². The van der Waals surface area contributed by atoms with E-state index < -0.39 is 5.97 Å². The van der Waals surface area contributed by atoms with Gasteiger partial charge in [0.2, 0.25) is 0 Å². The Bertz CT molecular complexity index is 407. The number of hydrogen-bond donors (Lipinski definition) is 1. The lowest BCUT2D eigenvalue weighted by atomic mass is 9.79. The van der Waals surface area contributed by atoms with Gasteiger partial charge in [-0.1, -0.05) is 32.0 Å². The molecule has 0 amide bonds. The summed E-state index contributed by atoms with van der Waals surface area (Å²) in [7, 11) is 0. The molecule has 1 aliphatic rings. The minimum Gasteiger partial charge on any atom is -0.481 e. The van der Waals surface area contributed by atoms with E-state index in [2.05, 4.69) is 19.9 Å². The highest BCUT2D eigenvalue weighted by atomic mass is 16.4. The predicted octanol–water partition coefficient (Wildman–Crippen LogP) is 3.31. The Morgan fingerprint density at radius 1 is 1.44 bits per heavy atom. The molecule has 1 atom stereocenters. The summed E-state index contributed by atoms with van der Waals surface area (Å²) in [6.45, 7) is 4.33. The molecule has 0 heterocycles. The quantitative estimate of drug-likeness (QED) is 0.826. The van der Waals surface area contributed by atoms with E-state index in [1.807, 2.05) is 12.1 Å². The smallest absolute Gasteiger partial charge is 0.310 e. The summed E-state index contributed by atoms with van der Waals surface area (Å²) < 4.78 is 0. The van der Waals surface area contributed by atoms with E-state index in [1.54, 1.807) is 0 Å². The number of hydrogen-bond acceptors (Lipinski definition) is 1. The van der Waals surface area contributed by atoms with Crippen molar-refractivity contribution in [3.05, 3.63) is 34.9 Å². The van der Waals surface area contributed by atoms with Gasteiger partial charge in [-0.25, -0.2) is 0 Å². The number of rotatable bonds is 2. The Balaban J connectivity index is 2.50. The van der Waals surface area contributed by atoms with Crippen molar-refractivity contribution in [1.29, 1.82) is 0 Å². The van der Waals surface area contributed by atoms with Crippen LogP contribution in [0.2, 0.25) is 0 Å². The molecule has 1 aromatic rings. The molecule has 0 aromatic heterocycles. The Morgan fingerprint density at radius 2 is 2.19 bits per heavy atom. The van der Waals surface area contributed by atoms with Crippen LogP contribution < -0.4 is 0 Å². The molecule has 0 saturated heterocycles. The average molecular weight is 218 g/mol. The van der Waals surface area contributed by atoms with Gasteiger partial charge in [0.1, 0.15) is 0 Å². The first-order valence-electron chi connectivity index (χ1n) is 5.95. The van der Waals surface area contributed by atoms with Crippen molar-refractivity contribution in [2.75, 3.05) is 0 Å². The van der Waals surface area contributed by atoms with Gasteiger partial charge < -0.3 is 5.11 Å². The molecule has 0 bridgehead atoms. The van der Waals surface area contributed by atoms with Crippen molar-refractivity contribution in [3.8, 4) is 0 Å². The van der Waals surface area contributed by atoms with Gasteiger partial charge in [-0.15, -0.1) is 0 Å². The van der Waals surface area contributed by atoms with Gasteiger partial charge in [-0.2, -0.15) is 0 Å². The third kappa shape index (κ3) is 1.84. The molecule has 1 unspecified atom stereocenters. The summed E-state index contributed by atoms with van der Waals surface area (Å²) in [4.78, 5) is 11.2. The zero-order valence-electron chi connectivity index (χ0n) is 9.86. The van der Waals surface area contributed by atoms with Crippen LogP contribution in [0.5, 0.6) is 0 Å². The predicted molar refractivity (Wildman–Crippen MR) is 63.8 cm³/mol. The Morgan fingerprint density at radius 3 is 2.81 bits per heavy atom. The largest absolute Gasteiger partial charge is 0.481 e. The maximum Gasteiger partial charge on any atom is 0.310 e. The Labute approximate surface area is 96.3 Å². The summed E-state index contributed by atoms with van der Waals surface area (Å²) >= 11 is 0. The van der Waals surface area contributed by atoms with E-state index in [9.17, 15) is 9.90 Å². The highest BCUT2D eigenvalue weighted by Crippen LogP contribution is 2.35. The number of benzene rings is 1. The molecule has 16 heavy (non-hydrogen) atoms. The van der Waals surface area contributed by atoms with Gasteiger partial charge in [0.15, 0.2) is 0 Å².